The van der Waals surface area contributed by atoms with Gasteiger partial charge in [-0.25, -0.2) is 4.79 Å². The summed E-state index contributed by atoms with van der Waals surface area (Å²) in [6, 6.07) is 4.04. The van der Waals surface area contributed by atoms with Crippen molar-refractivity contribution >= 4 is 17.4 Å². The van der Waals surface area contributed by atoms with E-state index < -0.39 is 4.92 Å². The highest BCUT2D eigenvalue weighted by Gasteiger charge is 2.10. The number of anilines is 1. The topological polar surface area (TPSA) is 75.5 Å². The van der Waals surface area contributed by atoms with Gasteiger partial charge < -0.3 is 10.2 Å². The summed E-state index contributed by atoms with van der Waals surface area (Å²) in [6.45, 7) is 1.71. The summed E-state index contributed by atoms with van der Waals surface area (Å²) in [4.78, 5) is 22.8. The molecule has 0 bridgehead atoms. The Morgan fingerprint density at radius 3 is 2.50 bits per heavy atom. The van der Waals surface area contributed by atoms with Gasteiger partial charge >= 0.3 is 6.03 Å². The number of hydrogen-bond donors (Lipinski definition) is 1. The molecule has 0 fully saturated rings. The quantitative estimate of drug-likeness (QED) is 0.615. The number of nitrogens with zero attached hydrogens (tertiary/aromatic N) is 2. The third-order valence-corrected chi connectivity index (χ3v) is 2.07. The zero-order valence-corrected chi connectivity index (χ0v) is 9.35. The van der Waals surface area contributed by atoms with E-state index in [0.29, 0.717) is 11.3 Å². The van der Waals surface area contributed by atoms with E-state index in [-0.39, 0.29) is 11.7 Å². The first-order chi connectivity index (χ1) is 7.41. The van der Waals surface area contributed by atoms with E-state index in [9.17, 15) is 14.9 Å². The van der Waals surface area contributed by atoms with Crippen molar-refractivity contribution in [2.24, 2.45) is 0 Å². The molecule has 0 aliphatic carbocycles. The lowest BCUT2D eigenvalue weighted by Gasteiger charge is -2.13. The third-order valence-electron chi connectivity index (χ3n) is 2.07. The van der Waals surface area contributed by atoms with Crippen LogP contribution in [0.1, 0.15) is 5.56 Å². The number of aryl methyl sites for hydroxylation is 1. The van der Waals surface area contributed by atoms with Gasteiger partial charge in [0.2, 0.25) is 0 Å². The van der Waals surface area contributed by atoms with Gasteiger partial charge in [0.15, 0.2) is 0 Å². The maximum absolute atomic E-state index is 11.4. The predicted octanol–water partition coefficient (Wildman–Crippen LogP) is 2.00. The average Bonchev–Trinajstić information content (AvgIpc) is 2.20. The molecule has 6 nitrogen and oxygen atoms in total. The SMILES string of the molecule is Cc1cc([N+](=O)[O-])ccc1NC(=O)N(C)C. The molecule has 0 spiro atoms. The van der Waals surface area contributed by atoms with E-state index in [2.05, 4.69) is 5.32 Å². The number of nitro benzene ring substituents is 1. The Balaban J connectivity index is 2.91. The zero-order valence-electron chi connectivity index (χ0n) is 9.35. The maximum Gasteiger partial charge on any atom is 0.321 e. The molecule has 0 aliphatic rings. The maximum atomic E-state index is 11.4. The van der Waals surface area contributed by atoms with Crippen molar-refractivity contribution in [3.63, 3.8) is 0 Å². The average molecular weight is 223 g/mol. The molecule has 1 N–H and O–H groups in total. The molecule has 0 aliphatic heterocycles. The molecule has 0 heterocycles. The van der Waals surface area contributed by atoms with E-state index in [0.717, 1.165) is 0 Å². The van der Waals surface area contributed by atoms with Crippen molar-refractivity contribution < 1.29 is 9.72 Å². The van der Waals surface area contributed by atoms with Crippen molar-refractivity contribution in [3.05, 3.63) is 33.9 Å². The Hall–Kier alpha value is -2.11. The number of non-ortho nitro benzene ring substituents is 1. The molecule has 0 saturated carbocycles. The van der Waals surface area contributed by atoms with Gasteiger partial charge in [-0.1, -0.05) is 0 Å². The molecule has 0 atom stereocenters. The molecule has 0 radical (unpaired) electrons. The minimum Gasteiger partial charge on any atom is -0.331 e. The van der Waals surface area contributed by atoms with Crippen LogP contribution in [0.2, 0.25) is 0 Å². The number of rotatable bonds is 2. The Labute approximate surface area is 93.0 Å². The number of carbonyl (C=O) groups excluding carboxylic acids is 1. The van der Waals surface area contributed by atoms with Crippen molar-refractivity contribution in [1.29, 1.82) is 0 Å². The molecule has 1 rings (SSSR count). The number of nitro groups is 1. The van der Waals surface area contributed by atoms with Crippen LogP contribution in [0, 0.1) is 17.0 Å². The van der Waals surface area contributed by atoms with Crippen molar-refractivity contribution in [1.82, 2.24) is 4.90 Å². The standard InChI is InChI=1S/C10H13N3O3/c1-7-6-8(13(15)16)4-5-9(7)11-10(14)12(2)3/h4-6H,1-3H3,(H,11,14). The summed E-state index contributed by atoms with van der Waals surface area (Å²) >= 11 is 0. The minimum absolute atomic E-state index is 0.0142. The number of benzene rings is 1. The van der Waals surface area contributed by atoms with Crippen molar-refractivity contribution in [3.8, 4) is 0 Å². The smallest absolute Gasteiger partial charge is 0.321 e. The fraction of sp³-hybridized carbons (Fsp3) is 0.300. The Bertz CT molecular complexity index is 429. The summed E-state index contributed by atoms with van der Waals surface area (Å²) in [5, 5.41) is 13.1. The number of carbonyl (C=O) groups is 1. The van der Waals surface area contributed by atoms with Crippen molar-refractivity contribution in [2.75, 3.05) is 19.4 Å². The third kappa shape index (κ3) is 2.69. The van der Waals surface area contributed by atoms with Crippen LogP contribution in [0.15, 0.2) is 18.2 Å². The second-order valence-corrected chi connectivity index (χ2v) is 3.58. The summed E-state index contributed by atoms with van der Waals surface area (Å²) in [5.74, 6) is 0. The van der Waals surface area contributed by atoms with E-state index in [1.165, 1.54) is 23.1 Å². The van der Waals surface area contributed by atoms with Gasteiger partial charge in [0, 0.05) is 31.9 Å². The van der Waals surface area contributed by atoms with Crippen LogP contribution in [0.3, 0.4) is 0 Å². The molecular weight excluding hydrogens is 210 g/mol. The number of amides is 2. The monoisotopic (exact) mass is 223 g/mol. The second-order valence-electron chi connectivity index (χ2n) is 3.58. The highest BCUT2D eigenvalue weighted by Crippen LogP contribution is 2.21. The minimum atomic E-state index is -0.468. The number of urea groups is 1. The lowest BCUT2D eigenvalue weighted by molar-refractivity contribution is -0.384. The normalized spacial score (nSPS) is 9.69. The van der Waals surface area contributed by atoms with Crippen molar-refractivity contribution in [2.45, 2.75) is 6.92 Å². The molecule has 86 valence electrons. The number of hydrogen-bond acceptors (Lipinski definition) is 3. The van der Waals surface area contributed by atoms with E-state index in [1.54, 1.807) is 21.0 Å². The molecule has 1 aromatic rings. The lowest BCUT2D eigenvalue weighted by atomic mass is 10.2. The first-order valence-corrected chi connectivity index (χ1v) is 4.65. The van der Waals surface area contributed by atoms with Crippen LogP contribution >= 0.6 is 0 Å². The van der Waals surface area contributed by atoms with Gasteiger partial charge in [0.1, 0.15) is 0 Å². The van der Waals surface area contributed by atoms with Crippen LogP contribution in [0.4, 0.5) is 16.2 Å². The molecule has 16 heavy (non-hydrogen) atoms. The van der Waals surface area contributed by atoms with Crippen LogP contribution < -0.4 is 5.32 Å². The summed E-state index contributed by atoms with van der Waals surface area (Å²) < 4.78 is 0. The van der Waals surface area contributed by atoms with Crippen LogP contribution in [-0.2, 0) is 0 Å². The zero-order chi connectivity index (χ0) is 12.3. The first kappa shape index (κ1) is 12.0. The van der Waals surface area contributed by atoms with Gasteiger partial charge in [-0.05, 0) is 18.6 Å². The highest BCUT2D eigenvalue weighted by molar-refractivity contribution is 5.89. The molecule has 0 unspecified atom stereocenters. The van der Waals surface area contributed by atoms with E-state index >= 15 is 0 Å². The molecular formula is C10H13N3O3. The molecule has 0 aromatic heterocycles. The van der Waals surface area contributed by atoms with Gasteiger partial charge in [-0.3, -0.25) is 10.1 Å². The Morgan fingerprint density at radius 1 is 1.44 bits per heavy atom. The number of nitrogens with one attached hydrogen (secondary N) is 1. The van der Waals surface area contributed by atoms with Gasteiger partial charge in [0.05, 0.1) is 4.92 Å². The van der Waals surface area contributed by atoms with Crippen LogP contribution in [-0.4, -0.2) is 29.9 Å². The van der Waals surface area contributed by atoms with Gasteiger partial charge in [-0.2, -0.15) is 0 Å². The fourth-order valence-corrected chi connectivity index (χ4v) is 1.13. The highest BCUT2D eigenvalue weighted by atomic mass is 16.6. The lowest BCUT2D eigenvalue weighted by Crippen LogP contribution is -2.27. The van der Waals surface area contributed by atoms with Crippen LogP contribution in [0.5, 0.6) is 0 Å². The predicted molar refractivity (Wildman–Crippen MR) is 60.5 cm³/mol. The molecule has 6 heteroatoms. The largest absolute Gasteiger partial charge is 0.331 e. The summed E-state index contributed by atoms with van der Waals surface area (Å²) in [5.41, 5.74) is 1.24. The Kier molecular flexibility index (Phi) is 3.44. The van der Waals surface area contributed by atoms with Crippen LogP contribution in [0.25, 0.3) is 0 Å². The fourth-order valence-electron chi connectivity index (χ4n) is 1.13. The van der Waals surface area contributed by atoms with Gasteiger partial charge in [-0.15, -0.1) is 0 Å². The van der Waals surface area contributed by atoms with E-state index in [1.807, 2.05) is 0 Å². The molecule has 0 saturated heterocycles. The molecule has 1 aromatic carbocycles. The van der Waals surface area contributed by atoms with E-state index in [4.69, 9.17) is 0 Å². The second kappa shape index (κ2) is 4.61. The first-order valence-electron chi connectivity index (χ1n) is 4.65. The van der Waals surface area contributed by atoms with Gasteiger partial charge in [0.25, 0.3) is 5.69 Å². The molecule has 2 amide bonds. The Morgan fingerprint density at radius 2 is 2.06 bits per heavy atom. The summed E-state index contributed by atoms with van der Waals surface area (Å²) in [7, 11) is 3.24. The summed E-state index contributed by atoms with van der Waals surface area (Å²) in [6.07, 6.45) is 0.